The van der Waals surface area contributed by atoms with E-state index in [-0.39, 0.29) is 12.5 Å². The van der Waals surface area contributed by atoms with E-state index < -0.39 is 5.97 Å². The van der Waals surface area contributed by atoms with Crippen LogP contribution >= 0.6 is 0 Å². The molecule has 0 unspecified atom stereocenters. The Morgan fingerprint density at radius 2 is 1.64 bits per heavy atom. The normalized spacial score (nSPS) is 19.0. The topological polar surface area (TPSA) is 70.4 Å². The Balaban J connectivity index is 1.74. The summed E-state index contributed by atoms with van der Waals surface area (Å²) in [5, 5.41) is 9.36. The molecule has 0 aliphatic carbocycles. The van der Waals surface area contributed by atoms with Gasteiger partial charge in [-0.05, 0) is 36.0 Å². The van der Waals surface area contributed by atoms with Gasteiger partial charge in [0.2, 0.25) is 0 Å². The molecule has 0 radical (unpaired) electrons. The first-order valence-electron chi connectivity index (χ1n) is 9.53. The average Bonchev–Trinajstić information content (AvgIpc) is 2.71. The van der Waals surface area contributed by atoms with Gasteiger partial charge in [0.05, 0.1) is 17.2 Å². The minimum absolute atomic E-state index is 0.165. The first-order chi connectivity index (χ1) is 13.5. The molecule has 0 spiro atoms. The molecule has 1 fully saturated rings. The maximum Gasteiger partial charge on any atom is 0.339 e. The number of amides is 1. The highest BCUT2D eigenvalue weighted by atomic mass is 16.5. The van der Waals surface area contributed by atoms with Crippen LogP contribution in [0.25, 0.3) is 11.1 Å². The van der Waals surface area contributed by atoms with E-state index in [1.807, 2.05) is 12.1 Å². The van der Waals surface area contributed by atoms with Crippen molar-refractivity contribution in [3.8, 4) is 17.2 Å². The highest BCUT2D eigenvalue weighted by Crippen LogP contribution is 2.27. The van der Waals surface area contributed by atoms with Crippen molar-refractivity contribution in [3.63, 3.8) is 0 Å². The maximum atomic E-state index is 12.7. The van der Waals surface area contributed by atoms with E-state index in [2.05, 4.69) is 19.9 Å². The smallest absolute Gasteiger partial charge is 0.339 e. The molecule has 1 heterocycles. The molecule has 5 heteroatoms. The number of likely N-dealkylation sites (tertiary alicyclic amines) is 1. The summed E-state index contributed by atoms with van der Waals surface area (Å²) in [6.07, 6.45) is 1.11. The predicted molar refractivity (Wildman–Crippen MR) is 106 cm³/mol. The van der Waals surface area contributed by atoms with Gasteiger partial charge in [0.25, 0.3) is 5.91 Å². The summed E-state index contributed by atoms with van der Waals surface area (Å²) in [6, 6.07) is 16.2. The lowest BCUT2D eigenvalue weighted by atomic mass is 9.92. The van der Waals surface area contributed by atoms with Crippen LogP contribution in [-0.2, 0) is 9.53 Å². The first-order valence-corrected chi connectivity index (χ1v) is 9.53. The lowest BCUT2D eigenvalue weighted by Gasteiger charge is -2.34. The number of hydrogen-bond acceptors (Lipinski definition) is 4. The molecular weight excluding hydrogens is 352 g/mol. The second kappa shape index (κ2) is 8.71. The Kier molecular flexibility index (Phi) is 6.10. The largest absolute Gasteiger partial charge is 0.452 e. The van der Waals surface area contributed by atoms with Crippen molar-refractivity contribution in [2.24, 2.45) is 11.8 Å². The summed E-state index contributed by atoms with van der Waals surface area (Å²) < 4.78 is 5.34. The van der Waals surface area contributed by atoms with Crippen molar-refractivity contribution in [1.82, 2.24) is 4.90 Å². The quantitative estimate of drug-likeness (QED) is 0.759. The fraction of sp³-hybridized carbons (Fsp3) is 0.348. The SMILES string of the molecule is C[C@@H]1C[C@H](C)CN(C(=O)COC(=O)c2ccccc2-c2ccccc2C#N)C1. The van der Waals surface area contributed by atoms with Crippen LogP contribution in [0, 0.1) is 23.2 Å². The molecule has 2 aromatic carbocycles. The summed E-state index contributed by atoms with van der Waals surface area (Å²) in [5.74, 6) is 0.176. The molecule has 3 rings (SSSR count). The number of carbonyl (C=O) groups excluding carboxylic acids is 2. The number of nitrogens with zero attached hydrogens (tertiary/aromatic N) is 2. The van der Waals surface area contributed by atoms with Crippen molar-refractivity contribution in [2.75, 3.05) is 19.7 Å². The number of esters is 1. The number of hydrogen-bond donors (Lipinski definition) is 0. The second-order valence-corrected chi connectivity index (χ2v) is 7.52. The van der Waals surface area contributed by atoms with Crippen molar-refractivity contribution in [2.45, 2.75) is 20.3 Å². The fourth-order valence-corrected chi connectivity index (χ4v) is 3.87. The van der Waals surface area contributed by atoms with Crippen molar-refractivity contribution < 1.29 is 14.3 Å². The highest BCUT2D eigenvalue weighted by molar-refractivity contribution is 5.98. The molecule has 1 aliphatic heterocycles. The number of piperidine rings is 1. The molecule has 1 saturated heterocycles. The van der Waals surface area contributed by atoms with E-state index in [1.54, 1.807) is 41.3 Å². The fourth-order valence-electron chi connectivity index (χ4n) is 3.87. The molecule has 1 amide bonds. The minimum Gasteiger partial charge on any atom is -0.452 e. The Morgan fingerprint density at radius 1 is 1.04 bits per heavy atom. The summed E-state index contributed by atoms with van der Waals surface area (Å²) in [4.78, 5) is 26.9. The number of benzene rings is 2. The standard InChI is InChI=1S/C23H24N2O3/c1-16-11-17(2)14-25(13-16)22(26)15-28-23(27)21-10-6-5-9-20(21)19-8-4-3-7-18(19)12-24/h3-10,16-17H,11,13-15H2,1-2H3/t16-,17+. The van der Waals surface area contributed by atoms with Gasteiger partial charge in [-0.3, -0.25) is 4.79 Å². The zero-order valence-electron chi connectivity index (χ0n) is 16.2. The third-order valence-electron chi connectivity index (χ3n) is 5.03. The van der Waals surface area contributed by atoms with Crippen LogP contribution in [-0.4, -0.2) is 36.5 Å². The van der Waals surface area contributed by atoms with Crippen LogP contribution in [0.2, 0.25) is 0 Å². The Morgan fingerprint density at radius 3 is 2.32 bits per heavy atom. The third-order valence-corrected chi connectivity index (χ3v) is 5.03. The molecule has 0 N–H and O–H groups in total. The van der Waals surface area contributed by atoms with Crippen LogP contribution in [0.3, 0.4) is 0 Å². The molecule has 0 aromatic heterocycles. The minimum atomic E-state index is -0.560. The van der Waals surface area contributed by atoms with E-state index in [0.29, 0.717) is 47.2 Å². The molecule has 0 saturated carbocycles. The zero-order valence-corrected chi connectivity index (χ0v) is 16.2. The van der Waals surface area contributed by atoms with E-state index in [0.717, 1.165) is 6.42 Å². The van der Waals surface area contributed by atoms with Gasteiger partial charge < -0.3 is 9.64 Å². The van der Waals surface area contributed by atoms with Crippen LogP contribution in [0.15, 0.2) is 48.5 Å². The average molecular weight is 376 g/mol. The Labute approximate surface area is 165 Å². The number of nitriles is 1. The van der Waals surface area contributed by atoms with Gasteiger partial charge in [0.1, 0.15) is 0 Å². The number of ether oxygens (including phenoxy) is 1. The van der Waals surface area contributed by atoms with Crippen LogP contribution in [0.5, 0.6) is 0 Å². The van der Waals surface area contributed by atoms with E-state index >= 15 is 0 Å². The van der Waals surface area contributed by atoms with Gasteiger partial charge in [-0.1, -0.05) is 50.2 Å². The molecule has 2 atom stereocenters. The zero-order chi connectivity index (χ0) is 20.1. The van der Waals surface area contributed by atoms with Crippen molar-refractivity contribution in [3.05, 3.63) is 59.7 Å². The summed E-state index contributed by atoms with van der Waals surface area (Å²) in [6.45, 7) is 5.39. The lowest BCUT2D eigenvalue weighted by Crippen LogP contribution is -2.44. The van der Waals surface area contributed by atoms with Gasteiger partial charge in [-0.15, -0.1) is 0 Å². The lowest BCUT2D eigenvalue weighted by molar-refractivity contribution is -0.137. The molecule has 144 valence electrons. The van der Waals surface area contributed by atoms with E-state index in [4.69, 9.17) is 4.74 Å². The van der Waals surface area contributed by atoms with E-state index in [9.17, 15) is 14.9 Å². The van der Waals surface area contributed by atoms with Gasteiger partial charge in [-0.2, -0.15) is 5.26 Å². The molecule has 28 heavy (non-hydrogen) atoms. The van der Waals surface area contributed by atoms with E-state index in [1.165, 1.54) is 0 Å². The molecule has 1 aliphatic rings. The van der Waals surface area contributed by atoms with Gasteiger partial charge >= 0.3 is 5.97 Å². The van der Waals surface area contributed by atoms with Gasteiger partial charge in [-0.25, -0.2) is 4.79 Å². The number of rotatable bonds is 4. The van der Waals surface area contributed by atoms with Crippen LogP contribution in [0.4, 0.5) is 0 Å². The van der Waals surface area contributed by atoms with Crippen LogP contribution in [0.1, 0.15) is 36.2 Å². The molecule has 5 nitrogen and oxygen atoms in total. The highest BCUT2D eigenvalue weighted by Gasteiger charge is 2.26. The monoisotopic (exact) mass is 376 g/mol. The second-order valence-electron chi connectivity index (χ2n) is 7.52. The maximum absolute atomic E-state index is 12.7. The third kappa shape index (κ3) is 4.40. The summed E-state index contributed by atoms with van der Waals surface area (Å²) in [5.41, 5.74) is 2.12. The summed E-state index contributed by atoms with van der Waals surface area (Å²) in [7, 11) is 0. The van der Waals surface area contributed by atoms with Crippen molar-refractivity contribution >= 4 is 11.9 Å². The van der Waals surface area contributed by atoms with Gasteiger partial charge in [0, 0.05) is 18.7 Å². The molecule has 0 bridgehead atoms. The molecule has 2 aromatic rings. The van der Waals surface area contributed by atoms with Gasteiger partial charge in [0.15, 0.2) is 6.61 Å². The Bertz CT molecular complexity index is 906. The Hall–Kier alpha value is -3.13. The summed E-state index contributed by atoms with van der Waals surface area (Å²) >= 11 is 0. The number of carbonyl (C=O) groups is 2. The first kappa shape index (κ1) is 19.6. The van der Waals surface area contributed by atoms with Crippen molar-refractivity contribution in [1.29, 1.82) is 5.26 Å². The molecular formula is C23H24N2O3. The predicted octanol–water partition coefficient (Wildman–Crippen LogP) is 3.89. The van der Waals surface area contributed by atoms with Crippen LogP contribution < -0.4 is 0 Å².